The topological polar surface area (TPSA) is 29.3 Å². The van der Waals surface area contributed by atoms with Gasteiger partial charge in [0.25, 0.3) is 0 Å². The minimum absolute atomic E-state index is 0.768. The fourth-order valence-electron chi connectivity index (χ4n) is 4.82. The highest BCUT2D eigenvalue weighted by atomic mass is 79.9. The van der Waals surface area contributed by atoms with Crippen molar-refractivity contribution in [2.75, 3.05) is 10.6 Å². The van der Waals surface area contributed by atoms with E-state index < -0.39 is 0 Å². The van der Waals surface area contributed by atoms with Crippen molar-refractivity contribution in [1.29, 1.82) is 0 Å². The summed E-state index contributed by atoms with van der Waals surface area (Å²) in [4.78, 5) is 2.30. The first-order chi connectivity index (χ1) is 19.5. The van der Waals surface area contributed by atoms with Crippen molar-refractivity contribution in [3.05, 3.63) is 155 Å². The van der Waals surface area contributed by atoms with Crippen LogP contribution in [0.4, 0.5) is 22.7 Å². The van der Waals surface area contributed by atoms with Crippen LogP contribution in [0.2, 0.25) is 0 Å². The van der Waals surface area contributed by atoms with Crippen LogP contribution in [0.25, 0.3) is 33.4 Å². The van der Waals surface area contributed by atoms with Gasteiger partial charge in [-0.3, -0.25) is 0 Å². The maximum Gasteiger partial charge on any atom is 0.0462 e. The first kappa shape index (κ1) is 26.1. The Labute approximate surface area is 252 Å². The number of rotatable bonds is 6. The zero-order valence-electron chi connectivity index (χ0n) is 21.6. The summed E-state index contributed by atoms with van der Waals surface area (Å²) in [6.45, 7) is 0. The second kappa shape index (κ2) is 11.5. The van der Waals surface area contributed by atoms with Gasteiger partial charge in [-0.25, -0.2) is 0 Å². The minimum atomic E-state index is 0.768. The Hall–Kier alpha value is -4.12. The first-order valence-corrected chi connectivity index (χ1v) is 14.6. The van der Waals surface area contributed by atoms with Crippen LogP contribution in [0.5, 0.6) is 0 Å². The maximum atomic E-state index is 5.90. The summed E-state index contributed by atoms with van der Waals surface area (Å²) in [5.41, 5.74) is 17.0. The molecule has 0 saturated carbocycles. The van der Waals surface area contributed by atoms with E-state index in [9.17, 15) is 0 Å². The van der Waals surface area contributed by atoms with Gasteiger partial charge in [0.1, 0.15) is 0 Å². The Balaban J connectivity index is 1.37. The molecule has 0 fully saturated rings. The highest BCUT2D eigenvalue weighted by Crippen LogP contribution is 2.38. The van der Waals surface area contributed by atoms with Gasteiger partial charge in [-0.1, -0.05) is 105 Å². The molecule has 0 spiro atoms. The predicted molar refractivity (Wildman–Crippen MR) is 177 cm³/mol. The van der Waals surface area contributed by atoms with Crippen LogP contribution < -0.4 is 10.6 Å². The molecule has 0 aliphatic carbocycles. The lowest BCUT2D eigenvalue weighted by molar-refractivity contribution is 1.28. The normalized spacial score (nSPS) is 10.8. The third kappa shape index (κ3) is 5.74. The molecule has 0 amide bonds. The van der Waals surface area contributed by atoms with Gasteiger partial charge in [0, 0.05) is 31.7 Å². The SMILES string of the molecule is Nc1ccc(-c2ccc(N(c3ccc(-c4ccc(Br)cc4)cc3)c3ccc(-c4ccc(Br)cc4)cc3)cc2)cc1. The van der Waals surface area contributed by atoms with Crippen LogP contribution in [-0.4, -0.2) is 0 Å². The predicted octanol–water partition coefficient (Wildman–Crippen LogP) is 11.3. The number of benzene rings is 6. The number of anilines is 4. The zero-order chi connectivity index (χ0) is 27.5. The summed E-state index contributed by atoms with van der Waals surface area (Å²) < 4.78 is 2.15. The molecule has 0 atom stereocenters. The molecule has 6 rings (SSSR count). The summed E-state index contributed by atoms with van der Waals surface area (Å²) in [6, 6.07) is 51.0. The van der Waals surface area contributed by atoms with Gasteiger partial charge < -0.3 is 10.6 Å². The second-order valence-electron chi connectivity index (χ2n) is 9.61. The maximum absolute atomic E-state index is 5.90. The fraction of sp³-hybridized carbons (Fsp3) is 0. The van der Waals surface area contributed by atoms with E-state index in [0.29, 0.717) is 0 Å². The molecule has 2 N–H and O–H groups in total. The van der Waals surface area contributed by atoms with Crippen molar-refractivity contribution in [1.82, 2.24) is 0 Å². The average molecular weight is 646 g/mol. The van der Waals surface area contributed by atoms with Crippen LogP contribution in [0.3, 0.4) is 0 Å². The van der Waals surface area contributed by atoms with Gasteiger partial charge in [0.2, 0.25) is 0 Å². The van der Waals surface area contributed by atoms with Gasteiger partial charge in [-0.05, 0) is 106 Å². The van der Waals surface area contributed by atoms with E-state index in [4.69, 9.17) is 5.73 Å². The molecule has 0 aromatic heterocycles. The zero-order valence-corrected chi connectivity index (χ0v) is 24.8. The van der Waals surface area contributed by atoms with Crippen LogP contribution in [0, 0.1) is 0 Å². The van der Waals surface area contributed by atoms with Gasteiger partial charge in [-0.15, -0.1) is 0 Å². The highest BCUT2D eigenvalue weighted by Gasteiger charge is 2.14. The quantitative estimate of drug-likeness (QED) is 0.183. The lowest BCUT2D eigenvalue weighted by Crippen LogP contribution is -2.09. The fourth-order valence-corrected chi connectivity index (χ4v) is 5.34. The van der Waals surface area contributed by atoms with Gasteiger partial charge in [0.15, 0.2) is 0 Å². The molecule has 2 nitrogen and oxygen atoms in total. The van der Waals surface area contributed by atoms with Crippen molar-refractivity contribution < 1.29 is 0 Å². The lowest BCUT2D eigenvalue weighted by Gasteiger charge is -2.26. The smallest absolute Gasteiger partial charge is 0.0462 e. The van der Waals surface area contributed by atoms with Gasteiger partial charge >= 0.3 is 0 Å². The van der Waals surface area contributed by atoms with Gasteiger partial charge in [-0.2, -0.15) is 0 Å². The molecule has 0 unspecified atom stereocenters. The Bertz CT molecular complexity index is 1500. The molecule has 0 saturated heterocycles. The Morgan fingerprint density at radius 1 is 0.325 bits per heavy atom. The standard InChI is InChI=1S/C36H26Br2N2/c37-31-13-1-25(2-14-31)28-7-19-34(20-8-28)40(35-21-9-29(10-22-35)26-3-15-32(38)16-4-26)36-23-11-30(12-24-36)27-5-17-33(39)18-6-27/h1-24H,39H2. The Morgan fingerprint density at radius 3 is 0.825 bits per heavy atom. The van der Waals surface area contributed by atoms with Crippen LogP contribution in [-0.2, 0) is 0 Å². The van der Waals surface area contributed by atoms with Crippen molar-refractivity contribution in [3.63, 3.8) is 0 Å². The molecular formula is C36H26Br2N2. The molecule has 194 valence electrons. The van der Waals surface area contributed by atoms with Crippen LogP contribution >= 0.6 is 31.9 Å². The number of nitrogens with zero attached hydrogens (tertiary/aromatic N) is 1. The van der Waals surface area contributed by atoms with Crippen molar-refractivity contribution >= 4 is 54.6 Å². The number of hydrogen-bond donors (Lipinski definition) is 1. The number of hydrogen-bond acceptors (Lipinski definition) is 2. The lowest BCUT2D eigenvalue weighted by atomic mass is 10.0. The largest absolute Gasteiger partial charge is 0.399 e. The average Bonchev–Trinajstić information content (AvgIpc) is 3.00. The van der Waals surface area contributed by atoms with E-state index in [0.717, 1.165) is 42.8 Å². The van der Waals surface area contributed by atoms with Crippen molar-refractivity contribution in [2.45, 2.75) is 0 Å². The summed E-state index contributed by atoms with van der Waals surface area (Å²) >= 11 is 7.06. The number of nitrogens with two attached hydrogens (primary N) is 1. The van der Waals surface area contributed by atoms with E-state index in [-0.39, 0.29) is 0 Å². The highest BCUT2D eigenvalue weighted by molar-refractivity contribution is 9.10. The second-order valence-corrected chi connectivity index (χ2v) is 11.4. The molecule has 0 heterocycles. The summed E-state index contributed by atoms with van der Waals surface area (Å²) in [5, 5.41) is 0. The Morgan fingerprint density at radius 2 is 0.550 bits per heavy atom. The van der Waals surface area contributed by atoms with E-state index >= 15 is 0 Å². The summed E-state index contributed by atoms with van der Waals surface area (Å²) in [7, 11) is 0. The molecule has 0 aliphatic heterocycles. The molecule has 4 heteroatoms. The molecule has 6 aromatic carbocycles. The molecule has 40 heavy (non-hydrogen) atoms. The molecular weight excluding hydrogens is 620 g/mol. The molecule has 6 aromatic rings. The van der Waals surface area contributed by atoms with Gasteiger partial charge in [0.05, 0.1) is 0 Å². The van der Waals surface area contributed by atoms with E-state index in [2.05, 4.69) is 170 Å². The molecule has 0 aliphatic rings. The van der Waals surface area contributed by atoms with E-state index in [1.54, 1.807) is 0 Å². The third-order valence-corrected chi connectivity index (χ3v) is 8.03. The van der Waals surface area contributed by atoms with E-state index in [1.165, 1.54) is 22.3 Å². The third-order valence-electron chi connectivity index (χ3n) is 6.98. The summed E-state index contributed by atoms with van der Waals surface area (Å²) in [6.07, 6.45) is 0. The Kier molecular flexibility index (Phi) is 7.54. The summed E-state index contributed by atoms with van der Waals surface area (Å²) in [5.74, 6) is 0. The number of nitrogen functional groups attached to an aromatic ring is 1. The van der Waals surface area contributed by atoms with Crippen LogP contribution in [0.1, 0.15) is 0 Å². The van der Waals surface area contributed by atoms with E-state index in [1.807, 2.05) is 12.1 Å². The number of halogens is 2. The van der Waals surface area contributed by atoms with Crippen molar-refractivity contribution in [3.8, 4) is 33.4 Å². The first-order valence-electron chi connectivity index (χ1n) is 13.0. The molecule has 0 radical (unpaired) electrons. The van der Waals surface area contributed by atoms with Crippen LogP contribution in [0.15, 0.2) is 155 Å². The molecule has 0 bridgehead atoms. The minimum Gasteiger partial charge on any atom is -0.399 e. The monoisotopic (exact) mass is 644 g/mol. The van der Waals surface area contributed by atoms with Crippen molar-refractivity contribution in [2.24, 2.45) is 0 Å².